The second-order valence-corrected chi connectivity index (χ2v) is 9.68. The number of amides is 1. The molecule has 0 spiro atoms. The van der Waals surface area contributed by atoms with Gasteiger partial charge in [-0.2, -0.15) is 4.31 Å². The van der Waals surface area contributed by atoms with E-state index in [4.69, 9.17) is 4.74 Å². The zero-order valence-corrected chi connectivity index (χ0v) is 18.1. The predicted octanol–water partition coefficient (Wildman–Crippen LogP) is 3.99. The summed E-state index contributed by atoms with van der Waals surface area (Å²) in [5.41, 5.74) is 0.712. The summed E-state index contributed by atoms with van der Waals surface area (Å²) in [7, 11) is -3.48. The zero-order valence-electron chi connectivity index (χ0n) is 16.5. The molecule has 0 aromatic heterocycles. The number of thioether (sulfide) groups is 1. The number of carbonyl (C=O) groups is 1. The quantitative estimate of drug-likeness (QED) is 0.667. The largest absolute Gasteiger partial charge is 0.484 e. The van der Waals surface area contributed by atoms with Crippen molar-refractivity contribution in [3.05, 3.63) is 48.5 Å². The summed E-state index contributed by atoms with van der Waals surface area (Å²) in [6.07, 6.45) is 5.91. The first kappa shape index (κ1) is 21.7. The number of benzene rings is 2. The fourth-order valence-electron chi connectivity index (χ4n) is 3.19. The van der Waals surface area contributed by atoms with Crippen molar-refractivity contribution in [1.82, 2.24) is 4.31 Å². The second-order valence-electron chi connectivity index (χ2n) is 6.86. The molecule has 2 aromatic carbocycles. The normalized spacial score (nSPS) is 15.5. The van der Waals surface area contributed by atoms with Crippen LogP contribution in [0.1, 0.15) is 25.7 Å². The maximum absolute atomic E-state index is 12.8. The topological polar surface area (TPSA) is 75.7 Å². The van der Waals surface area contributed by atoms with Crippen molar-refractivity contribution in [2.45, 2.75) is 35.5 Å². The van der Waals surface area contributed by atoms with Gasteiger partial charge in [-0.15, -0.1) is 11.8 Å². The van der Waals surface area contributed by atoms with Crippen LogP contribution in [0.15, 0.2) is 58.3 Å². The minimum atomic E-state index is -3.48. The van der Waals surface area contributed by atoms with E-state index in [0.717, 1.165) is 30.6 Å². The van der Waals surface area contributed by atoms with Gasteiger partial charge >= 0.3 is 0 Å². The summed E-state index contributed by atoms with van der Waals surface area (Å²) >= 11 is 1.60. The van der Waals surface area contributed by atoms with Gasteiger partial charge in [-0.05, 0) is 61.6 Å². The van der Waals surface area contributed by atoms with E-state index in [1.54, 1.807) is 28.2 Å². The number of anilines is 1. The van der Waals surface area contributed by atoms with Crippen molar-refractivity contribution in [3.63, 3.8) is 0 Å². The van der Waals surface area contributed by atoms with E-state index in [1.807, 2.05) is 30.5 Å². The first-order valence-electron chi connectivity index (χ1n) is 9.66. The van der Waals surface area contributed by atoms with Crippen LogP contribution in [-0.4, -0.2) is 44.6 Å². The maximum atomic E-state index is 12.8. The average molecular weight is 435 g/mol. The van der Waals surface area contributed by atoms with Gasteiger partial charge in [-0.1, -0.05) is 18.9 Å². The van der Waals surface area contributed by atoms with Crippen LogP contribution in [0, 0.1) is 0 Å². The molecule has 1 aliphatic heterocycles. The van der Waals surface area contributed by atoms with E-state index >= 15 is 0 Å². The lowest BCUT2D eigenvalue weighted by Gasteiger charge is -2.20. The van der Waals surface area contributed by atoms with Gasteiger partial charge in [0.05, 0.1) is 4.90 Å². The van der Waals surface area contributed by atoms with Crippen LogP contribution < -0.4 is 10.1 Å². The van der Waals surface area contributed by atoms with Crippen LogP contribution in [0.25, 0.3) is 0 Å². The summed E-state index contributed by atoms with van der Waals surface area (Å²) in [4.78, 5) is 13.4. The Morgan fingerprint density at radius 1 is 1.07 bits per heavy atom. The Hall–Kier alpha value is -2.03. The molecule has 6 nitrogen and oxygen atoms in total. The maximum Gasteiger partial charge on any atom is 0.262 e. The first-order chi connectivity index (χ1) is 14.0. The molecule has 1 fully saturated rings. The summed E-state index contributed by atoms with van der Waals surface area (Å²) < 4.78 is 32.6. The van der Waals surface area contributed by atoms with Crippen LogP contribution in [0.5, 0.6) is 5.75 Å². The van der Waals surface area contributed by atoms with Crippen molar-refractivity contribution in [2.24, 2.45) is 0 Å². The highest BCUT2D eigenvalue weighted by Crippen LogP contribution is 2.23. The van der Waals surface area contributed by atoms with Gasteiger partial charge < -0.3 is 10.1 Å². The van der Waals surface area contributed by atoms with E-state index in [9.17, 15) is 13.2 Å². The number of hydrogen-bond acceptors (Lipinski definition) is 5. The number of sulfonamides is 1. The number of nitrogens with zero attached hydrogens (tertiary/aromatic N) is 1. The molecule has 8 heteroatoms. The van der Waals surface area contributed by atoms with Gasteiger partial charge in [0.25, 0.3) is 5.91 Å². The van der Waals surface area contributed by atoms with Crippen LogP contribution >= 0.6 is 11.8 Å². The zero-order chi connectivity index (χ0) is 20.7. The van der Waals surface area contributed by atoms with Crippen molar-refractivity contribution < 1.29 is 17.9 Å². The first-order valence-corrected chi connectivity index (χ1v) is 12.3. The van der Waals surface area contributed by atoms with E-state index in [2.05, 4.69) is 5.32 Å². The van der Waals surface area contributed by atoms with Gasteiger partial charge in [0.15, 0.2) is 6.61 Å². The minimum Gasteiger partial charge on any atom is -0.484 e. The molecule has 1 saturated heterocycles. The number of ether oxygens (including phenoxy) is 1. The van der Waals surface area contributed by atoms with Crippen molar-refractivity contribution in [2.75, 3.05) is 31.3 Å². The van der Waals surface area contributed by atoms with E-state index in [1.165, 1.54) is 12.1 Å². The Morgan fingerprint density at radius 2 is 1.76 bits per heavy atom. The van der Waals surface area contributed by atoms with Crippen LogP contribution in [0.2, 0.25) is 0 Å². The molecule has 0 atom stereocenters. The molecule has 29 heavy (non-hydrogen) atoms. The van der Waals surface area contributed by atoms with E-state index in [0.29, 0.717) is 24.5 Å². The standard InChI is InChI=1S/C21H26N2O4S2/c1-28-19-8-6-7-17(15-19)22-21(24)16-27-18-9-11-20(12-10-18)29(25,26)23-13-4-2-3-5-14-23/h6-12,15H,2-5,13-14,16H2,1H3,(H,22,24). The lowest BCUT2D eigenvalue weighted by molar-refractivity contribution is -0.118. The molecular formula is C21H26N2O4S2. The molecule has 0 bridgehead atoms. The molecule has 2 aromatic rings. The summed E-state index contributed by atoms with van der Waals surface area (Å²) in [6, 6.07) is 13.8. The van der Waals surface area contributed by atoms with E-state index < -0.39 is 10.0 Å². The summed E-state index contributed by atoms with van der Waals surface area (Å²) in [5.74, 6) is 0.178. The van der Waals surface area contributed by atoms with Gasteiger partial charge in [-0.3, -0.25) is 4.79 Å². The number of nitrogens with one attached hydrogen (secondary N) is 1. The Bertz CT molecular complexity index is 922. The number of carbonyl (C=O) groups excluding carboxylic acids is 1. The number of hydrogen-bond donors (Lipinski definition) is 1. The highest BCUT2D eigenvalue weighted by Gasteiger charge is 2.25. The molecule has 0 unspecified atom stereocenters. The molecule has 0 saturated carbocycles. The SMILES string of the molecule is CSc1cccc(NC(=O)COc2ccc(S(=O)(=O)N3CCCCCC3)cc2)c1. The van der Waals surface area contributed by atoms with Gasteiger partial charge in [0.1, 0.15) is 5.75 Å². The molecule has 0 radical (unpaired) electrons. The Labute approximate surface area is 176 Å². The second kappa shape index (κ2) is 10.1. The smallest absolute Gasteiger partial charge is 0.262 e. The summed E-state index contributed by atoms with van der Waals surface area (Å²) in [5, 5.41) is 2.79. The lowest BCUT2D eigenvalue weighted by Crippen LogP contribution is -2.31. The highest BCUT2D eigenvalue weighted by molar-refractivity contribution is 7.98. The van der Waals surface area contributed by atoms with Crippen LogP contribution in [-0.2, 0) is 14.8 Å². The third kappa shape index (κ3) is 5.98. The molecule has 1 heterocycles. The molecule has 156 valence electrons. The van der Waals surface area contributed by atoms with Gasteiger partial charge in [0.2, 0.25) is 10.0 Å². The van der Waals surface area contributed by atoms with Gasteiger partial charge in [-0.25, -0.2) is 8.42 Å². The lowest BCUT2D eigenvalue weighted by atomic mass is 10.2. The molecule has 1 aliphatic rings. The van der Waals surface area contributed by atoms with Crippen LogP contribution in [0.4, 0.5) is 5.69 Å². The monoisotopic (exact) mass is 434 g/mol. The van der Waals surface area contributed by atoms with Crippen LogP contribution in [0.3, 0.4) is 0 Å². The molecule has 1 amide bonds. The van der Waals surface area contributed by atoms with Gasteiger partial charge in [0, 0.05) is 23.7 Å². The number of rotatable bonds is 7. The molecular weight excluding hydrogens is 408 g/mol. The van der Waals surface area contributed by atoms with Crippen molar-refractivity contribution in [1.29, 1.82) is 0 Å². The average Bonchev–Trinajstić information content (AvgIpc) is 3.03. The summed E-state index contributed by atoms with van der Waals surface area (Å²) in [6.45, 7) is 0.985. The minimum absolute atomic E-state index is 0.151. The molecule has 1 N–H and O–H groups in total. The fraction of sp³-hybridized carbons (Fsp3) is 0.381. The van der Waals surface area contributed by atoms with Crippen molar-refractivity contribution >= 4 is 33.4 Å². The Kier molecular flexibility index (Phi) is 7.57. The third-order valence-corrected chi connectivity index (χ3v) is 7.39. The predicted molar refractivity (Wildman–Crippen MR) is 116 cm³/mol. The Balaban J connectivity index is 1.56. The molecule has 3 rings (SSSR count). The van der Waals surface area contributed by atoms with E-state index in [-0.39, 0.29) is 17.4 Å². The highest BCUT2D eigenvalue weighted by atomic mass is 32.2. The molecule has 0 aliphatic carbocycles. The van der Waals surface area contributed by atoms with Crippen molar-refractivity contribution in [3.8, 4) is 5.75 Å². The third-order valence-electron chi connectivity index (χ3n) is 4.75. The Morgan fingerprint density at radius 3 is 2.41 bits per heavy atom. The fourth-order valence-corrected chi connectivity index (χ4v) is 5.16.